The van der Waals surface area contributed by atoms with Crippen LogP contribution in [0.1, 0.15) is 40.8 Å². The lowest BCUT2D eigenvalue weighted by molar-refractivity contribution is -0.151. The van der Waals surface area contributed by atoms with E-state index < -0.39 is 101 Å². The molecule has 0 bridgehead atoms. The van der Waals surface area contributed by atoms with E-state index in [1.54, 1.807) is 13.8 Å². The first-order valence-electron chi connectivity index (χ1n) is 14.0. The summed E-state index contributed by atoms with van der Waals surface area (Å²) in [7, 11) is -4.97. The van der Waals surface area contributed by atoms with Gasteiger partial charge in [-0.1, -0.05) is 13.8 Å². The summed E-state index contributed by atoms with van der Waals surface area (Å²) >= 11 is 0. The maximum absolute atomic E-state index is 14.7. The minimum absolute atomic E-state index is 0.0791. The van der Waals surface area contributed by atoms with Gasteiger partial charge in [0.2, 0.25) is 13.6 Å². The topological polar surface area (TPSA) is 262 Å². The molecule has 4 N–H and O–H groups in total. The van der Waals surface area contributed by atoms with E-state index in [0.717, 1.165) is 19.2 Å². The number of nitrogens with zero attached hydrogens (tertiary/aromatic N) is 2. The molecule has 0 saturated carbocycles. The van der Waals surface area contributed by atoms with Crippen LogP contribution in [-0.2, 0) is 58.1 Å². The molecule has 0 aromatic carbocycles. The largest absolute Gasteiger partial charge is 0.510 e. The zero-order valence-corrected chi connectivity index (χ0v) is 27.1. The second-order valence-corrected chi connectivity index (χ2v) is 12.0. The number of carbonyl (C=O) groups is 3. The van der Waals surface area contributed by atoms with E-state index in [2.05, 4.69) is 18.9 Å². The van der Waals surface area contributed by atoms with E-state index >= 15 is 0 Å². The van der Waals surface area contributed by atoms with Gasteiger partial charge in [0.05, 0.1) is 19.8 Å². The number of hydrogen-bond donors (Lipinski definition) is 3. The maximum Gasteiger partial charge on any atom is 0.510 e. The Morgan fingerprint density at radius 3 is 2.09 bits per heavy atom. The highest BCUT2D eigenvalue weighted by Gasteiger charge is 2.63. The molecule has 0 radical (unpaired) electrons. The predicted octanol–water partition coefficient (Wildman–Crippen LogP) is 0.262. The number of esters is 1. The molecule has 47 heavy (non-hydrogen) atoms. The van der Waals surface area contributed by atoms with Crippen LogP contribution in [0.2, 0.25) is 0 Å². The highest BCUT2D eigenvalue weighted by Crippen LogP contribution is 2.52. The summed E-state index contributed by atoms with van der Waals surface area (Å²) < 4.78 is 72.6. The van der Waals surface area contributed by atoms with Crippen LogP contribution in [0.5, 0.6) is 0 Å². The molecule has 2 rings (SSSR count). The van der Waals surface area contributed by atoms with Crippen molar-refractivity contribution < 1.29 is 75.5 Å². The zero-order chi connectivity index (χ0) is 35.6. The number of carbonyl (C=O) groups excluding carboxylic acids is 3. The Labute approximate surface area is 266 Å². The van der Waals surface area contributed by atoms with Crippen molar-refractivity contribution in [3.05, 3.63) is 33.1 Å². The Bertz CT molecular complexity index is 1370. The van der Waals surface area contributed by atoms with Gasteiger partial charge in [0.1, 0.15) is 24.4 Å². The standard InChI is InChI=1S/C25H39FN3O17P/c1-6-38-22(34)41-13-44-47(37,45-14-42-23(35)39-7-2)43-11-25(10-26)19(32)24(5,36)20(46-25)28-9-8-16(30)29(21(28)33)12-40-18(31)17(27)15(3)4/h8-9,15,17,19-20,32,36H,6-7,10-14,27H2,1-5H3/t17-,19-,20+,24+,25+/m0/s1. The van der Waals surface area contributed by atoms with Crippen molar-refractivity contribution in [2.75, 3.05) is 40.1 Å². The van der Waals surface area contributed by atoms with Crippen molar-refractivity contribution >= 4 is 26.1 Å². The SMILES string of the molecule is CCOC(=O)OCOP(=O)(OCOC(=O)OCC)OC[C@@]1(CF)O[C@@H](n2ccc(=O)n(COC(=O)[C@@H](N)C(C)C)c2=O)[C@](C)(O)[C@@H]1O. The number of ether oxygens (including phenoxy) is 6. The molecule has 5 atom stereocenters. The van der Waals surface area contributed by atoms with Crippen molar-refractivity contribution in [2.45, 2.75) is 70.9 Å². The molecule has 0 aliphatic carbocycles. The van der Waals surface area contributed by atoms with Crippen LogP contribution in [0.25, 0.3) is 0 Å². The van der Waals surface area contributed by atoms with Gasteiger partial charge in [-0.05, 0) is 26.7 Å². The smallest absolute Gasteiger partial charge is 0.442 e. The molecular weight excluding hydrogens is 664 g/mol. The first kappa shape index (κ1) is 39.7. The number of phosphoric acid groups is 1. The third-order valence-electron chi connectivity index (χ3n) is 6.57. The molecule has 1 aromatic rings. The molecule has 0 spiro atoms. The molecule has 1 fully saturated rings. The van der Waals surface area contributed by atoms with Gasteiger partial charge in [-0.2, -0.15) is 0 Å². The predicted molar refractivity (Wildman–Crippen MR) is 151 cm³/mol. The Kier molecular flexibility index (Phi) is 14.5. The van der Waals surface area contributed by atoms with Crippen molar-refractivity contribution in [1.82, 2.24) is 9.13 Å². The van der Waals surface area contributed by atoms with E-state index in [1.807, 2.05) is 0 Å². The van der Waals surface area contributed by atoms with Gasteiger partial charge in [0, 0.05) is 12.3 Å². The maximum atomic E-state index is 14.7. The minimum Gasteiger partial charge on any atom is -0.442 e. The zero-order valence-electron chi connectivity index (χ0n) is 26.2. The molecular formula is C25H39FN3O17P. The highest BCUT2D eigenvalue weighted by atomic mass is 31.2. The average Bonchev–Trinajstić information content (AvgIpc) is 3.20. The van der Waals surface area contributed by atoms with Gasteiger partial charge in [0.25, 0.3) is 5.56 Å². The fourth-order valence-corrected chi connectivity index (χ4v) is 4.85. The number of rotatable bonds is 17. The van der Waals surface area contributed by atoms with Gasteiger partial charge >= 0.3 is 31.8 Å². The Hall–Kier alpha value is -3.43. The highest BCUT2D eigenvalue weighted by molar-refractivity contribution is 7.48. The van der Waals surface area contributed by atoms with Gasteiger partial charge in [-0.15, -0.1) is 0 Å². The number of phosphoric ester groups is 1. The fourth-order valence-electron chi connectivity index (χ4n) is 3.89. The molecule has 2 heterocycles. The van der Waals surface area contributed by atoms with Gasteiger partial charge in [0.15, 0.2) is 18.6 Å². The summed E-state index contributed by atoms with van der Waals surface area (Å²) in [5.74, 6) is -1.24. The van der Waals surface area contributed by atoms with Crippen molar-refractivity contribution in [3.8, 4) is 0 Å². The summed E-state index contributed by atoms with van der Waals surface area (Å²) in [4.78, 5) is 60.8. The first-order valence-corrected chi connectivity index (χ1v) is 15.5. The van der Waals surface area contributed by atoms with Crippen LogP contribution < -0.4 is 17.0 Å². The molecule has 0 unspecified atom stereocenters. The summed E-state index contributed by atoms with van der Waals surface area (Å²) in [5.41, 5.74) is -1.50. The lowest BCUT2D eigenvalue weighted by atomic mass is 9.88. The summed E-state index contributed by atoms with van der Waals surface area (Å²) in [6.45, 7) is 1.09. The summed E-state index contributed by atoms with van der Waals surface area (Å²) in [5, 5.41) is 22.2. The van der Waals surface area contributed by atoms with Crippen molar-refractivity contribution in [2.24, 2.45) is 11.7 Å². The van der Waals surface area contributed by atoms with Gasteiger partial charge < -0.3 is 44.4 Å². The number of halogens is 1. The fraction of sp³-hybridized carbons (Fsp3) is 0.720. The van der Waals surface area contributed by atoms with Crippen LogP contribution in [0.4, 0.5) is 14.0 Å². The van der Waals surface area contributed by atoms with Gasteiger partial charge in [-0.3, -0.25) is 18.7 Å². The Morgan fingerprint density at radius 1 is 1.04 bits per heavy atom. The van der Waals surface area contributed by atoms with Gasteiger partial charge in [-0.25, -0.2) is 37.0 Å². The van der Waals surface area contributed by atoms with Crippen molar-refractivity contribution in [3.63, 3.8) is 0 Å². The number of nitrogens with two attached hydrogens (primary N) is 1. The Balaban J connectivity index is 2.33. The molecule has 1 aliphatic heterocycles. The first-order chi connectivity index (χ1) is 22.0. The lowest BCUT2D eigenvalue weighted by Crippen LogP contribution is -2.53. The Morgan fingerprint density at radius 2 is 1.60 bits per heavy atom. The second-order valence-electron chi connectivity index (χ2n) is 10.3. The number of hydrogen-bond acceptors (Lipinski definition) is 18. The monoisotopic (exact) mass is 703 g/mol. The number of aliphatic hydroxyl groups is 2. The van der Waals surface area contributed by atoms with E-state index in [-0.39, 0.29) is 19.1 Å². The van der Waals surface area contributed by atoms with Crippen LogP contribution in [0, 0.1) is 5.92 Å². The van der Waals surface area contributed by atoms with E-state index in [0.29, 0.717) is 9.13 Å². The number of aliphatic hydroxyl groups excluding tert-OH is 1. The third kappa shape index (κ3) is 10.0. The van der Waals surface area contributed by atoms with Crippen LogP contribution in [0.15, 0.2) is 21.9 Å². The minimum atomic E-state index is -4.97. The lowest BCUT2D eigenvalue weighted by Gasteiger charge is -2.31. The molecule has 268 valence electrons. The summed E-state index contributed by atoms with van der Waals surface area (Å²) in [6.07, 6.45) is -5.75. The summed E-state index contributed by atoms with van der Waals surface area (Å²) in [6, 6.07) is -0.216. The van der Waals surface area contributed by atoms with E-state index in [4.69, 9.17) is 28.8 Å². The molecule has 1 aliphatic rings. The molecule has 1 aromatic heterocycles. The molecule has 1 saturated heterocycles. The van der Waals surface area contributed by atoms with Crippen LogP contribution in [-0.4, -0.2) is 101 Å². The molecule has 20 nitrogen and oxygen atoms in total. The van der Waals surface area contributed by atoms with E-state index in [9.17, 15) is 43.1 Å². The normalized spacial score (nSPS) is 23.3. The number of aromatic nitrogens is 2. The van der Waals surface area contributed by atoms with Crippen LogP contribution >= 0.6 is 7.82 Å². The van der Waals surface area contributed by atoms with Crippen molar-refractivity contribution in [1.29, 1.82) is 0 Å². The third-order valence-corrected chi connectivity index (χ3v) is 7.85. The molecule has 0 amide bonds. The second kappa shape index (κ2) is 17.1. The molecule has 22 heteroatoms. The average molecular weight is 704 g/mol. The number of alkyl halides is 1. The van der Waals surface area contributed by atoms with E-state index in [1.165, 1.54) is 13.8 Å². The van der Waals surface area contributed by atoms with Crippen LogP contribution in [0.3, 0.4) is 0 Å². The quantitative estimate of drug-likeness (QED) is 0.0850.